The maximum atomic E-state index is 12.1. The third kappa shape index (κ3) is 3.41. The number of carbonyl (C=O) groups excluding carboxylic acids is 1. The first-order valence-corrected chi connectivity index (χ1v) is 7.50. The van der Waals surface area contributed by atoms with Crippen LogP contribution in [0, 0.1) is 0 Å². The quantitative estimate of drug-likeness (QED) is 0.674. The summed E-state index contributed by atoms with van der Waals surface area (Å²) in [6.45, 7) is 2.00. The summed E-state index contributed by atoms with van der Waals surface area (Å²) in [6, 6.07) is 10.1. The minimum absolute atomic E-state index is 0.211. The zero-order valence-electron chi connectivity index (χ0n) is 12.1. The van der Waals surface area contributed by atoms with Crippen LogP contribution in [0.5, 0.6) is 11.5 Å². The summed E-state index contributed by atoms with van der Waals surface area (Å²) >= 11 is 11.7. The van der Waals surface area contributed by atoms with Gasteiger partial charge in [-0.15, -0.1) is 0 Å². The second kappa shape index (κ2) is 6.48. The van der Waals surface area contributed by atoms with Crippen LogP contribution < -0.4 is 14.9 Å². The fraction of sp³-hybridized carbons (Fsp3) is 0.125. The first-order chi connectivity index (χ1) is 11.0. The van der Waals surface area contributed by atoms with Gasteiger partial charge in [0.05, 0.1) is 15.8 Å². The molecule has 0 fully saturated rings. The Kier molecular flexibility index (Phi) is 4.41. The number of benzene rings is 2. The molecule has 2 aromatic carbocycles. The summed E-state index contributed by atoms with van der Waals surface area (Å²) in [7, 11) is 0. The Bertz CT molecular complexity index is 806. The van der Waals surface area contributed by atoms with E-state index in [1.807, 2.05) is 12.1 Å². The molecule has 1 aliphatic rings. The van der Waals surface area contributed by atoms with E-state index in [0.29, 0.717) is 32.8 Å². The van der Waals surface area contributed by atoms with Gasteiger partial charge in [0.2, 0.25) is 6.79 Å². The van der Waals surface area contributed by atoms with E-state index < -0.39 is 0 Å². The Morgan fingerprint density at radius 2 is 1.78 bits per heavy atom. The van der Waals surface area contributed by atoms with Gasteiger partial charge in [-0.3, -0.25) is 4.79 Å². The maximum absolute atomic E-state index is 12.1. The first kappa shape index (κ1) is 15.6. The van der Waals surface area contributed by atoms with Gasteiger partial charge in [0.15, 0.2) is 11.5 Å². The standard InChI is InChI=1S/C16H12Cl2N2O3/c1-9(10-3-5-14-15(7-10)23-8-22-14)19-20-16(21)11-2-4-12(17)13(18)6-11/h2-7H,8H2,1H3,(H,20,21)/b19-9+. The van der Waals surface area contributed by atoms with Crippen LogP contribution in [0.1, 0.15) is 22.8 Å². The van der Waals surface area contributed by atoms with Crippen LogP contribution in [0.4, 0.5) is 0 Å². The number of carbonyl (C=O) groups is 1. The van der Waals surface area contributed by atoms with Crippen molar-refractivity contribution in [2.75, 3.05) is 6.79 Å². The Morgan fingerprint density at radius 1 is 1.04 bits per heavy atom. The predicted molar refractivity (Wildman–Crippen MR) is 88.7 cm³/mol. The van der Waals surface area contributed by atoms with Crippen LogP contribution in [-0.4, -0.2) is 18.4 Å². The van der Waals surface area contributed by atoms with Crippen molar-refractivity contribution in [1.29, 1.82) is 0 Å². The Labute approximate surface area is 142 Å². The number of ether oxygens (including phenoxy) is 2. The molecule has 1 N–H and O–H groups in total. The molecule has 0 atom stereocenters. The number of nitrogens with one attached hydrogen (secondary N) is 1. The Hall–Kier alpha value is -2.24. The number of hydrogen-bond donors (Lipinski definition) is 1. The van der Waals surface area contributed by atoms with Crippen molar-refractivity contribution in [3.8, 4) is 11.5 Å². The topological polar surface area (TPSA) is 59.9 Å². The lowest BCUT2D eigenvalue weighted by Gasteiger charge is -2.05. The van der Waals surface area contributed by atoms with E-state index in [-0.39, 0.29) is 12.7 Å². The zero-order valence-corrected chi connectivity index (χ0v) is 13.6. The fourth-order valence-corrected chi connectivity index (χ4v) is 2.32. The van der Waals surface area contributed by atoms with E-state index in [1.54, 1.807) is 25.1 Å². The van der Waals surface area contributed by atoms with Gasteiger partial charge < -0.3 is 9.47 Å². The normalized spacial score (nSPS) is 13.1. The number of rotatable bonds is 3. The molecule has 0 aliphatic carbocycles. The van der Waals surface area contributed by atoms with E-state index in [2.05, 4.69) is 10.5 Å². The number of hydrogen-bond acceptors (Lipinski definition) is 4. The number of amides is 1. The molecule has 3 rings (SSSR count). The minimum atomic E-state index is -0.372. The van der Waals surface area contributed by atoms with E-state index in [0.717, 1.165) is 5.56 Å². The molecule has 23 heavy (non-hydrogen) atoms. The zero-order chi connectivity index (χ0) is 16.4. The Morgan fingerprint density at radius 3 is 2.57 bits per heavy atom. The van der Waals surface area contributed by atoms with Crippen LogP contribution in [0.15, 0.2) is 41.5 Å². The van der Waals surface area contributed by atoms with Crippen molar-refractivity contribution < 1.29 is 14.3 Å². The van der Waals surface area contributed by atoms with Gasteiger partial charge in [-0.2, -0.15) is 5.10 Å². The highest BCUT2D eigenvalue weighted by molar-refractivity contribution is 6.42. The van der Waals surface area contributed by atoms with Gasteiger partial charge in [-0.1, -0.05) is 23.2 Å². The summed E-state index contributed by atoms with van der Waals surface area (Å²) in [5.41, 5.74) is 4.32. The lowest BCUT2D eigenvalue weighted by molar-refractivity contribution is 0.0955. The number of nitrogens with zero attached hydrogens (tertiary/aromatic N) is 1. The van der Waals surface area contributed by atoms with Crippen LogP contribution >= 0.6 is 23.2 Å². The van der Waals surface area contributed by atoms with E-state index >= 15 is 0 Å². The van der Waals surface area contributed by atoms with Crippen molar-refractivity contribution in [1.82, 2.24) is 5.43 Å². The fourth-order valence-electron chi connectivity index (χ4n) is 2.02. The molecule has 1 heterocycles. The largest absolute Gasteiger partial charge is 0.454 e. The van der Waals surface area contributed by atoms with Crippen LogP contribution in [-0.2, 0) is 0 Å². The molecule has 0 bridgehead atoms. The van der Waals surface area contributed by atoms with Crippen molar-refractivity contribution >= 4 is 34.8 Å². The first-order valence-electron chi connectivity index (χ1n) is 6.74. The van der Waals surface area contributed by atoms with E-state index in [1.165, 1.54) is 6.07 Å². The molecule has 0 spiro atoms. The summed E-state index contributed by atoms with van der Waals surface area (Å²) in [5.74, 6) is 0.984. The van der Waals surface area contributed by atoms with Crippen LogP contribution in [0.2, 0.25) is 10.0 Å². The van der Waals surface area contributed by atoms with Crippen molar-refractivity contribution in [2.45, 2.75) is 6.92 Å². The maximum Gasteiger partial charge on any atom is 0.271 e. The molecule has 1 aliphatic heterocycles. The third-order valence-electron chi connectivity index (χ3n) is 3.30. The number of fused-ring (bicyclic) bond motifs is 1. The van der Waals surface area contributed by atoms with Gasteiger partial charge in [0, 0.05) is 11.1 Å². The molecule has 2 aromatic rings. The van der Waals surface area contributed by atoms with Crippen LogP contribution in [0.3, 0.4) is 0 Å². The molecule has 5 nitrogen and oxygen atoms in total. The summed E-state index contributed by atoms with van der Waals surface area (Å²) in [6.07, 6.45) is 0. The van der Waals surface area contributed by atoms with Gasteiger partial charge >= 0.3 is 0 Å². The molecule has 118 valence electrons. The van der Waals surface area contributed by atoms with E-state index in [9.17, 15) is 4.79 Å². The molecule has 7 heteroatoms. The van der Waals surface area contributed by atoms with Gasteiger partial charge in [-0.25, -0.2) is 5.43 Å². The lowest BCUT2D eigenvalue weighted by atomic mass is 10.1. The molecule has 1 amide bonds. The molecule has 0 saturated carbocycles. The molecule has 0 aromatic heterocycles. The Balaban J connectivity index is 1.73. The summed E-state index contributed by atoms with van der Waals surface area (Å²) in [5, 5.41) is 4.80. The summed E-state index contributed by atoms with van der Waals surface area (Å²) in [4.78, 5) is 12.1. The van der Waals surface area contributed by atoms with Gasteiger partial charge in [-0.05, 0) is 43.3 Å². The second-order valence-corrected chi connectivity index (χ2v) is 5.65. The third-order valence-corrected chi connectivity index (χ3v) is 4.04. The number of halogens is 2. The average Bonchev–Trinajstić information content (AvgIpc) is 3.02. The lowest BCUT2D eigenvalue weighted by Crippen LogP contribution is -2.19. The molecule has 0 saturated heterocycles. The van der Waals surface area contributed by atoms with Crippen molar-refractivity contribution in [3.05, 3.63) is 57.6 Å². The highest BCUT2D eigenvalue weighted by Crippen LogP contribution is 2.32. The average molecular weight is 351 g/mol. The van der Waals surface area contributed by atoms with Crippen molar-refractivity contribution in [3.63, 3.8) is 0 Å². The smallest absolute Gasteiger partial charge is 0.271 e. The van der Waals surface area contributed by atoms with Gasteiger partial charge in [0.25, 0.3) is 5.91 Å². The van der Waals surface area contributed by atoms with E-state index in [4.69, 9.17) is 32.7 Å². The van der Waals surface area contributed by atoms with Gasteiger partial charge in [0.1, 0.15) is 0 Å². The molecular weight excluding hydrogens is 339 g/mol. The highest BCUT2D eigenvalue weighted by atomic mass is 35.5. The molecular formula is C16H12Cl2N2O3. The molecule has 0 radical (unpaired) electrons. The minimum Gasteiger partial charge on any atom is -0.454 e. The van der Waals surface area contributed by atoms with Crippen molar-refractivity contribution in [2.24, 2.45) is 5.10 Å². The monoisotopic (exact) mass is 350 g/mol. The second-order valence-electron chi connectivity index (χ2n) is 4.84. The number of hydrazone groups is 1. The van der Waals surface area contributed by atoms with Crippen LogP contribution in [0.25, 0.3) is 0 Å². The molecule has 0 unspecified atom stereocenters. The summed E-state index contributed by atoms with van der Waals surface area (Å²) < 4.78 is 10.6. The SMILES string of the molecule is C/C(=N\NC(=O)c1ccc(Cl)c(Cl)c1)c1ccc2c(c1)OCO2. The highest BCUT2D eigenvalue weighted by Gasteiger charge is 2.14. The predicted octanol–water partition coefficient (Wildman–Crippen LogP) is 3.88.